The van der Waals surface area contributed by atoms with E-state index in [1.165, 1.54) is 0 Å². The molecule has 0 saturated carbocycles. The minimum absolute atomic E-state index is 0.126. The summed E-state index contributed by atoms with van der Waals surface area (Å²) >= 11 is 0. The minimum Gasteiger partial charge on any atom is -0.490 e. The molecule has 6 heteroatoms. The summed E-state index contributed by atoms with van der Waals surface area (Å²) in [5, 5.41) is 0.465. The highest BCUT2D eigenvalue weighted by Gasteiger charge is 2.19. The minimum atomic E-state index is -0.320. The van der Waals surface area contributed by atoms with Crippen molar-refractivity contribution in [1.29, 1.82) is 0 Å². The van der Waals surface area contributed by atoms with Gasteiger partial charge >= 0.3 is 5.97 Å². The zero-order valence-electron chi connectivity index (χ0n) is 18.1. The molecule has 0 saturated heterocycles. The zero-order valence-corrected chi connectivity index (χ0v) is 18.1. The Morgan fingerprint density at radius 3 is 2.58 bits per heavy atom. The third-order valence-electron chi connectivity index (χ3n) is 5.32. The summed E-state index contributed by atoms with van der Waals surface area (Å²) in [6.45, 7) is 6.72. The molecule has 0 radical (unpaired) electrons. The van der Waals surface area contributed by atoms with Gasteiger partial charge in [-0.25, -0.2) is 0 Å². The fraction of sp³-hybridized carbons (Fsp3) is 0.360. The molecule has 0 aliphatic carbocycles. The molecule has 31 heavy (non-hydrogen) atoms. The van der Waals surface area contributed by atoms with Crippen LogP contribution in [-0.4, -0.2) is 19.2 Å². The molecule has 0 spiro atoms. The van der Waals surface area contributed by atoms with Gasteiger partial charge in [0.2, 0.25) is 5.43 Å². The third kappa shape index (κ3) is 4.15. The van der Waals surface area contributed by atoms with Gasteiger partial charge in [0.05, 0.1) is 24.2 Å². The Bertz CT molecular complexity index is 1190. The van der Waals surface area contributed by atoms with E-state index < -0.39 is 0 Å². The number of hydrogen-bond donors (Lipinski definition) is 0. The quantitative estimate of drug-likeness (QED) is 0.416. The van der Waals surface area contributed by atoms with Gasteiger partial charge in [-0.15, -0.1) is 0 Å². The van der Waals surface area contributed by atoms with Crippen molar-refractivity contribution in [3.63, 3.8) is 0 Å². The molecule has 2 heterocycles. The second kappa shape index (κ2) is 8.84. The standard InChI is InChI=1S/C25H26O6/c1-4-7-16-12-18-21(14-20(16)31-23(26)5-2)30-15(3)24(25(18)27)17-8-9-19-22(13-17)29-11-6-10-28-19/h8-9,12-14H,4-7,10-11H2,1-3H3. The molecule has 0 unspecified atom stereocenters. The van der Waals surface area contributed by atoms with Crippen LogP contribution in [-0.2, 0) is 11.2 Å². The first kappa shape index (κ1) is 21.0. The van der Waals surface area contributed by atoms with Crippen LogP contribution in [0.25, 0.3) is 22.1 Å². The monoisotopic (exact) mass is 422 g/mol. The highest BCUT2D eigenvalue weighted by Crippen LogP contribution is 2.36. The van der Waals surface area contributed by atoms with Crippen molar-refractivity contribution in [2.24, 2.45) is 0 Å². The maximum Gasteiger partial charge on any atom is 0.310 e. The van der Waals surface area contributed by atoms with Crippen LogP contribution in [0.5, 0.6) is 17.2 Å². The van der Waals surface area contributed by atoms with Crippen LogP contribution in [0.15, 0.2) is 39.5 Å². The van der Waals surface area contributed by atoms with Gasteiger partial charge in [-0.1, -0.05) is 26.3 Å². The van der Waals surface area contributed by atoms with Crippen molar-refractivity contribution >= 4 is 16.9 Å². The Labute approximate surface area is 180 Å². The van der Waals surface area contributed by atoms with Gasteiger partial charge in [0.15, 0.2) is 11.5 Å². The van der Waals surface area contributed by atoms with E-state index in [4.69, 9.17) is 18.6 Å². The van der Waals surface area contributed by atoms with Crippen LogP contribution in [0.4, 0.5) is 0 Å². The number of rotatable bonds is 5. The zero-order chi connectivity index (χ0) is 22.0. The first-order chi connectivity index (χ1) is 15.0. The van der Waals surface area contributed by atoms with Gasteiger partial charge in [-0.2, -0.15) is 0 Å². The molecule has 4 rings (SSSR count). The van der Waals surface area contributed by atoms with Crippen LogP contribution in [0, 0.1) is 6.92 Å². The number of esters is 1. The number of aryl methyl sites for hydroxylation is 2. The summed E-state index contributed by atoms with van der Waals surface area (Å²) in [5.41, 5.74) is 2.30. The van der Waals surface area contributed by atoms with Gasteiger partial charge in [-0.05, 0) is 42.7 Å². The summed E-state index contributed by atoms with van der Waals surface area (Å²) in [6, 6.07) is 8.95. The average Bonchev–Trinajstić information content (AvgIpc) is 3.00. The normalized spacial score (nSPS) is 13.1. The summed E-state index contributed by atoms with van der Waals surface area (Å²) < 4.78 is 23.0. The van der Waals surface area contributed by atoms with Gasteiger partial charge in [0, 0.05) is 18.9 Å². The third-order valence-corrected chi connectivity index (χ3v) is 5.32. The van der Waals surface area contributed by atoms with Crippen LogP contribution in [0.3, 0.4) is 0 Å². The predicted molar refractivity (Wildman–Crippen MR) is 118 cm³/mol. The lowest BCUT2D eigenvalue weighted by Gasteiger charge is -2.13. The summed E-state index contributed by atoms with van der Waals surface area (Å²) in [6.07, 6.45) is 2.63. The molecular weight excluding hydrogens is 396 g/mol. The molecular formula is C25H26O6. The van der Waals surface area contributed by atoms with Crippen molar-refractivity contribution < 1.29 is 23.4 Å². The Balaban J connectivity index is 1.86. The number of benzene rings is 2. The molecule has 1 aliphatic rings. The molecule has 0 bridgehead atoms. The largest absolute Gasteiger partial charge is 0.490 e. The maximum absolute atomic E-state index is 13.5. The van der Waals surface area contributed by atoms with E-state index in [1.54, 1.807) is 26.0 Å². The van der Waals surface area contributed by atoms with E-state index in [2.05, 4.69) is 0 Å². The molecule has 0 N–H and O–H groups in total. The molecule has 0 amide bonds. The van der Waals surface area contributed by atoms with Crippen LogP contribution in [0.2, 0.25) is 0 Å². The number of fused-ring (bicyclic) bond motifs is 2. The Morgan fingerprint density at radius 2 is 1.84 bits per heavy atom. The van der Waals surface area contributed by atoms with Crippen molar-refractivity contribution in [3.05, 3.63) is 51.9 Å². The lowest BCUT2D eigenvalue weighted by Crippen LogP contribution is -2.11. The van der Waals surface area contributed by atoms with E-state index in [9.17, 15) is 9.59 Å². The van der Waals surface area contributed by atoms with Gasteiger partial charge in [0.25, 0.3) is 0 Å². The molecule has 162 valence electrons. The van der Waals surface area contributed by atoms with Gasteiger partial charge in [-0.3, -0.25) is 9.59 Å². The topological polar surface area (TPSA) is 75.0 Å². The maximum atomic E-state index is 13.5. The van der Waals surface area contributed by atoms with Crippen molar-refractivity contribution in [2.45, 2.75) is 46.5 Å². The lowest BCUT2D eigenvalue weighted by atomic mass is 10.00. The Hall–Kier alpha value is -3.28. The average molecular weight is 422 g/mol. The first-order valence-corrected chi connectivity index (χ1v) is 10.7. The molecule has 0 fully saturated rings. The van der Waals surface area contributed by atoms with E-state index >= 15 is 0 Å². The van der Waals surface area contributed by atoms with Crippen LogP contribution >= 0.6 is 0 Å². The smallest absolute Gasteiger partial charge is 0.310 e. The van der Waals surface area contributed by atoms with Gasteiger partial charge < -0.3 is 18.6 Å². The lowest BCUT2D eigenvalue weighted by molar-refractivity contribution is -0.134. The van der Waals surface area contributed by atoms with Crippen LogP contribution in [0.1, 0.15) is 44.4 Å². The second-order valence-corrected chi connectivity index (χ2v) is 7.61. The van der Waals surface area contributed by atoms with E-state index in [-0.39, 0.29) is 17.8 Å². The second-order valence-electron chi connectivity index (χ2n) is 7.61. The molecule has 1 aliphatic heterocycles. The van der Waals surface area contributed by atoms with E-state index in [0.29, 0.717) is 59.2 Å². The SMILES string of the molecule is CCCc1cc2c(=O)c(-c3ccc4c(c3)OCCCO4)c(C)oc2cc1OC(=O)CC. The molecule has 3 aromatic rings. The van der Waals surface area contributed by atoms with Crippen molar-refractivity contribution in [1.82, 2.24) is 0 Å². The summed E-state index contributed by atoms with van der Waals surface area (Å²) in [7, 11) is 0. The summed E-state index contributed by atoms with van der Waals surface area (Å²) in [5.74, 6) is 1.92. The Morgan fingerprint density at radius 1 is 1.06 bits per heavy atom. The van der Waals surface area contributed by atoms with E-state index in [0.717, 1.165) is 24.0 Å². The van der Waals surface area contributed by atoms with Gasteiger partial charge in [0.1, 0.15) is 17.1 Å². The fourth-order valence-electron chi connectivity index (χ4n) is 3.79. The summed E-state index contributed by atoms with van der Waals surface area (Å²) in [4.78, 5) is 25.3. The highest BCUT2D eigenvalue weighted by molar-refractivity contribution is 5.86. The predicted octanol–water partition coefficient (Wildman–Crippen LogP) is 5.20. The number of hydrogen-bond acceptors (Lipinski definition) is 6. The Kier molecular flexibility index (Phi) is 5.98. The highest BCUT2D eigenvalue weighted by atomic mass is 16.5. The molecule has 2 aromatic carbocycles. The van der Waals surface area contributed by atoms with Crippen molar-refractivity contribution in [2.75, 3.05) is 13.2 Å². The van der Waals surface area contributed by atoms with Crippen LogP contribution < -0.4 is 19.6 Å². The number of carbonyl (C=O) groups is 1. The fourth-order valence-corrected chi connectivity index (χ4v) is 3.79. The van der Waals surface area contributed by atoms with E-state index in [1.807, 2.05) is 25.1 Å². The number of carbonyl (C=O) groups excluding carboxylic acids is 1. The first-order valence-electron chi connectivity index (χ1n) is 10.7. The molecule has 0 atom stereocenters. The number of ether oxygens (including phenoxy) is 3. The molecule has 6 nitrogen and oxygen atoms in total. The molecule has 1 aromatic heterocycles. The van der Waals surface area contributed by atoms with Crippen molar-refractivity contribution in [3.8, 4) is 28.4 Å².